The van der Waals surface area contributed by atoms with E-state index in [4.69, 9.17) is 16.3 Å². The molecule has 1 N–H and O–H groups in total. The summed E-state index contributed by atoms with van der Waals surface area (Å²) in [6.07, 6.45) is 0. The molecule has 0 aliphatic carbocycles. The molecule has 0 amide bonds. The van der Waals surface area contributed by atoms with Crippen LogP contribution in [0.1, 0.15) is 16.7 Å². The van der Waals surface area contributed by atoms with Gasteiger partial charge in [0.05, 0.1) is 12.0 Å². The first kappa shape index (κ1) is 21.0. The number of benzene rings is 2. The SMILES string of the molecule is COc1cc(C)c(S(=O)(=O)NCCSCc2c(F)cccc2Cl)c(C)c1. The fourth-order valence-corrected chi connectivity index (χ4v) is 5.42. The second-order valence-electron chi connectivity index (χ2n) is 5.74. The van der Waals surface area contributed by atoms with Crippen LogP contribution in [0.3, 0.4) is 0 Å². The highest BCUT2D eigenvalue weighted by Crippen LogP contribution is 2.26. The quantitative estimate of drug-likeness (QED) is 0.650. The first-order chi connectivity index (χ1) is 12.3. The molecule has 8 heteroatoms. The van der Waals surface area contributed by atoms with E-state index in [0.29, 0.717) is 39.0 Å². The lowest BCUT2D eigenvalue weighted by molar-refractivity contribution is 0.413. The van der Waals surface area contributed by atoms with E-state index in [9.17, 15) is 12.8 Å². The van der Waals surface area contributed by atoms with Crippen molar-refractivity contribution in [1.29, 1.82) is 0 Å². The Morgan fingerprint density at radius 1 is 1.23 bits per heavy atom. The highest BCUT2D eigenvalue weighted by atomic mass is 35.5. The van der Waals surface area contributed by atoms with Gasteiger partial charge in [-0.2, -0.15) is 11.8 Å². The lowest BCUT2D eigenvalue weighted by atomic mass is 10.1. The average molecular weight is 418 g/mol. The molecule has 0 radical (unpaired) electrons. The van der Waals surface area contributed by atoms with E-state index < -0.39 is 10.0 Å². The smallest absolute Gasteiger partial charge is 0.241 e. The van der Waals surface area contributed by atoms with Crippen molar-refractivity contribution < 1.29 is 17.5 Å². The van der Waals surface area contributed by atoms with Crippen molar-refractivity contribution in [2.75, 3.05) is 19.4 Å². The molecule has 0 atom stereocenters. The molecule has 0 aromatic heterocycles. The summed E-state index contributed by atoms with van der Waals surface area (Å²) in [7, 11) is -2.09. The van der Waals surface area contributed by atoms with Crippen LogP contribution in [0.25, 0.3) is 0 Å². The molecule has 0 fully saturated rings. The number of hydrogen-bond acceptors (Lipinski definition) is 4. The minimum Gasteiger partial charge on any atom is -0.497 e. The summed E-state index contributed by atoms with van der Waals surface area (Å²) in [6.45, 7) is 3.71. The van der Waals surface area contributed by atoms with Crippen molar-refractivity contribution in [3.05, 3.63) is 57.9 Å². The molecule has 4 nitrogen and oxygen atoms in total. The monoisotopic (exact) mass is 417 g/mol. The molecule has 0 saturated heterocycles. The van der Waals surface area contributed by atoms with E-state index in [1.807, 2.05) is 0 Å². The van der Waals surface area contributed by atoms with Gasteiger partial charge in [0.25, 0.3) is 0 Å². The second-order valence-corrected chi connectivity index (χ2v) is 8.96. The fourth-order valence-electron chi connectivity index (χ4n) is 2.62. The summed E-state index contributed by atoms with van der Waals surface area (Å²) in [5, 5.41) is 0.377. The van der Waals surface area contributed by atoms with Gasteiger partial charge in [0, 0.05) is 28.6 Å². The van der Waals surface area contributed by atoms with Crippen LogP contribution >= 0.6 is 23.4 Å². The second kappa shape index (κ2) is 9.08. The van der Waals surface area contributed by atoms with Crippen molar-refractivity contribution in [1.82, 2.24) is 4.72 Å². The largest absolute Gasteiger partial charge is 0.497 e. The number of halogens is 2. The number of ether oxygens (including phenoxy) is 1. The highest BCUT2D eigenvalue weighted by molar-refractivity contribution is 7.98. The van der Waals surface area contributed by atoms with Crippen LogP contribution in [0.5, 0.6) is 5.75 Å². The van der Waals surface area contributed by atoms with Crippen LogP contribution < -0.4 is 9.46 Å². The molecular formula is C18H21ClFNO3S2. The lowest BCUT2D eigenvalue weighted by Crippen LogP contribution is -2.27. The van der Waals surface area contributed by atoms with Crippen LogP contribution in [0, 0.1) is 19.7 Å². The van der Waals surface area contributed by atoms with Gasteiger partial charge in [0.1, 0.15) is 11.6 Å². The molecule has 2 aromatic rings. The molecular weight excluding hydrogens is 397 g/mol. The Balaban J connectivity index is 1.95. The number of nitrogens with one attached hydrogen (secondary N) is 1. The number of thioether (sulfide) groups is 1. The maximum absolute atomic E-state index is 13.7. The molecule has 2 rings (SSSR count). The zero-order valence-corrected chi connectivity index (χ0v) is 17.2. The Bertz CT molecular complexity index is 845. The molecule has 142 valence electrons. The lowest BCUT2D eigenvalue weighted by Gasteiger charge is -2.13. The Morgan fingerprint density at radius 2 is 1.88 bits per heavy atom. The Morgan fingerprint density at radius 3 is 2.46 bits per heavy atom. The predicted molar refractivity (Wildman–Crippen MR) is 105 cm³/mol. The Hall–Kier alpha value is -1.28. The van der Waals surface area contributed by atoms with Gasteiger partial charge in [-0.25, -0.2) is 17.5 Å². The van der Waals surface area contributed by atoms with E-state index in [0.717, 1.165) is 0 Å². The number of sulfonamides is 1. The third-order valence-corrected chi connectivity index (χ3v) is 6.89. The summed E-state index contributed by atoms with van der Waals surface area (Å²) in [5.74, 6) is 1.15. The van der Waals surface area contributed by atoms with E-state index in [2.05, 4.69) is 4.72 Å². The van der Waals surface area contributed by atoms with Gasteiger partial charge >= 0.3 is 0 Å². The standard InChI is InChI=1S/C18H21ClFNO3S2/c1-12-9-14(24-3)10-13(2)18(12)26(22,23)21-7-8-25-11-15-16(19)5-4-6-17(15)20/h4-6,9-10,21H,7-8,11H2,1-3H3. The van der Waals surface area contributed by atoms with Gasteiger partial charge in [0.2, 0.25) is 10.0 Å². The Kier molecular flexibility index (Phi) is 7.34. The third-order valence-electron chi connectivity index (χ3n) is 3.78. The van der Waals surface area contributed by atoms with E-state index in [1.54, 1.807) is 45.2 Å². The van der Waals surface area contributed by atoms with Crippen molar-refractivity contribution in [3.63, 3.8) is 0 Å². The number of aryl methyl sites for hydroxylation is 2. The summed E-state index contributed by atoms with van der Waals surface area (Å²) in [6, 6.07) is 7.94. The summed E-state index contributed by atoms with van der Waals surface area (Å²) in [4.78, 5) is 0.264. The predicted octanol–water partition coefficient (Wildman–Crippen LogP) is 4.32. The van der Waals surface area contributed by atoms with Crippen molar-refractivity contribution >= 4 is 33.4 Å². The van der Waals surface area contributed by atoms with Gasteiger partial charge in [-0.1, -0.05) is 17.7 Å². The number of hydrogen-bond donors (Lipinski definition) is 1. The topological polar surface area (TPSA) is 55.4 Å². The first-order valence-corrected chi connectivity index (χ1v) is 10.9. The molecule has 26 heavy (non-hydrogen) atoms. The molecule has 0 heterocycles. The summed E-state index contributed by atoms with van der Waals surface area (Å²) < 4.78 is 46.6. The van der Waals surface area contributed by atoms with E-state index >= 15 is 0 Å². The zero-order chi connectivity index (χ0) is 19.3. The van der Waals surface area contributed by atoms with Crippen molar-refractivity contribution in [2.24, 2.45) is 0 Å². The van der Waals surface area contributed by atoms with Gasteiger partial charge in [-0.15, -0.1) is 0 Å². The van der Waals surface area contributed by atoms with Crippen molar-refractivity contribution in [3.8, 4) is 5.75 Å². The maximum atomic E-state index is 13.7. The number of rotatable bonds is 8. The summed E-state index contributed by atoms with van der Waals surface area (Å²) in [5.41, 5.74) is 1.68. The molecule has 0 aliphatic rings. The molecule has 0 saturated carbocycles. The highest BCUT2D eigenvalue weighted by Gasteiger charge is 2.20. The normalized spacial score (nSPS) is 11.6. The van der Waals surface area contributed by atoms with E-state index in [1.165, 1.54) is 17.8 Å². The van der Waals surface area contributed by atoms with Gasteiger partial charge < -0.3 is 4.74 Å². The maximum Gasteiger partial charge on any atom is 0.241 e. The van der Waals surface area contributed by atoms with Gasteiger partial charge in [0.15, 0.2) is 0 Å². The van der Waals surface area contributed by atoms with Crippen LogP contribution in [0.15, 0.2) is 35.2 Å². The fraction of sp³-hybridized carbons (Fsp3) is 0.333. The third kappa shape index (κ3) is 5.13. The number of methoxy groups -OCH3 is 1. The summed E-state index contributed by atoms with van der Waals surface area (Å²) >= 11 is 7.39. The van der Waals surface area contributed by atoms with E-state index in [-0.39, 0.29) is 17.3 Å². The molecule has 0 spiro atoms. The van der Waals surface area contributed by atoms with Crippen LogP contribution in [-0.4, -0.2) is 27.8 Å². The molecule has 0 unspecified atom stereocenters. The van der Waals surface area contributed by atoms with Crippen LogP contribution in [-0.2, 0) is 15.8 Å². The zero-order valence-electron chi connectivity index (χ0n) is 14.8. The molecule has 2 aromatic carbocycles. The minimum atomic E-state index is -3.63. The molecule has 0 aliphatic heterocycles. The minimum absolute atomic E-state index is 0.240. The van der Waals surface area contributed by atoms with Crippen LogP contribution in [0.4, 0.5) is 4.39 Å². The van der Waals surface area contributed by atoms with Crippen molar-refractivity contribution in [2.45, 2.75) is 24.5 Å². The first-order valence-electron chi connectivity index (χ1n) is 7.92. The Labute approximate surface area is 163 Å². The van der Waals surface area contributed by atoms with Gasteiger partial charge in [-0.3, -0.25) is 0 Å². The molecule has 0 bridgehead atoms. The average Bonchev–Trinajstić information content (AvgIpc) is 2.55. The van der Waals surface area contributed by atoms with Gasteiger partial charge in [-0.05, 0) is 49.2 Å². The van der Waals surface area contributed by atoms with Crippen LogP contribution in [0.2, 0.25) is 5.02 Å².